The van der Waals surface area contributed by atoms with Crippen LogP contribution in [0.3, 0.4) is 0 Å². The molecular weight excluding hydrogens is 309 g/mol. The highest BCUT2D eigenvalue weighted by Crippen LogP contribution is 2.61. The number of nitrogens with one attached hydrogen (secondary N) is 1. The fourth-order valence-corrected chi connectivity index (χ4v) is 3.63. The van der Waals surface area contributed by atoms with E-state index < -0.39 is 0 Å². The molecule has 1 fully saturated rings. The molecule has 2 atom stereocenters. The van der Waals surface area contributed by atoms with Gasteiger partial charge < -0.3 is 10.1 Å². The molecule has 1 amide bonds. The smallest absolute Gasteiger partial charge is 0.228 e. The Balaban J connectivity index is 1.53. The molecule has 24 heavy (non-hydrogen) atoms. The predicted octanol–water partition coefficient (Wildman–Crippen LogP) is 3.28. The summed E-state index contributed by atoms with van der Waals surface area (Å²) in [7, 11) is 0. The second kappa shape index (κ2) is 5.33. The summed E-state index contributed by atoms with van der Waals surface area (Å²) >= 11 is 0. The first-order valence-corrected chi connectivity index (χ1v) is 8.27. The molecule has 1 aliphatic carbocycles. The summed E-state index contributed by atoms with van der Waals surface area (Å²) in [6.45, 7) is 4.62. The first-order chi connectivity index (χ1) is 11.5. The number of carbonyl (C=O) groups is 1. The van der Waals surface area contributed by atoms with Crippen molar-refractivity contribution in [3.8, 4) is 5.75 Å². The van der Waals surface area contributed by atoms with E-state index in [1.54, 1.807) is 16.9 Å². The van der Waals surface area contributed by atoms with Crippen molar-refractivity contribution in [3.05, 3.63) is 42.0 Å². The number of aromatic nitrogens is 2. The Morgan fingerprint density at radius 1 is 1.50 bits per heavy atom. The van der Waals surface area contributed by atoms with E-state index in [0.29, 0.717) is 18.0 Å². The molecule has 1 spiro atoms. The van der Waals surface area contributed by atoms with Gasteiger partial charge in [0.25, 0.3) is 0 Å². The number of nitrogens with zero attached hydrogens (tertiary/aromatic N) is 2. The predicted molar refractivity (Wildman–Crippen MR) is 87.5 cm³/mol. The van der Waals surface area contributed by atoms with Crippen LogP contribution >= 0.6 is 0 Å². The van der Waals surface area contributed by atoms with Crippen LogP contribution in [0.2, 0.25) is 0 Å². The fraction of sp³-hybridized carbons (Fsp3) is 0.444. The number of anilines is 1. The van der Waals surface area contributed by atoms with Gasteiger partial charge in [0.15, 0.2) is 0 Å². The van der Waals surface area contributed by atoms with E-state index in [1.165, 1.54) is 12.1 Å². The van der Waals surface area contributed by atoms with Crippen LogP contribution < -0.4 is 10.1 Å². The van der Waals surface area contributed by atoms with E-state index in [0.717, 1.165) is 18.4 Å². The number of fused-ring (bicyclic) bond motifs is 2. The van der Waals surface area contributed by atoms with Crippen molar-refractivity contribution in [1.29, 1.82) is 0 Å². The van der Waals surface area contributed by atoms with Crippen LogP contribution in [0.1, 0.15) is 38.3 Å². The van der Waals surface area contributed by atoms with Crippen LogP contribution in [0.5, 0.6) is 5.75 Å². The molecule has 2 aliphatic rings. The lowest BCUT2D eigenvalue weighted by molar-refractivity contribution is -0.117. The summed E-state index contributed by atoms with van der Waals surface area (Å²) < 4.78 is 21.1. The zero-order valence-corrected chi connectivity index (χ0v) is 13.8. The van der Waals surface area contributed by atoms with Crippen LogP contribution in [0.4, 0.5) is 10.1 Å². The van der Waals surface area contributed by atoms with Crippen molar-refractivity contribution in [3.63, 3.8) is 0 Å². The fourth-order valence-electron chi connectivity index (χ4n) is 3.63. The Morgan fingerprint density at radius 2 is 2.33 bits per heavy atom. The standard InChI is InChI=1S/C18H20FN3O2/c1-11(2)22-10-13(9-20-22)21-17(23)15-8-18(15)5-6-24-16-4-3-12(19)7-14(16)18/h3-4,7,9-11,15H,5-6,8H2,1-2H3,(H,21,23)/t15-,18-/m1/s1. The highest BCUT2D eigenvalue weighted by molar-refractivity contribution is 5.96. The SMILES string of the molecule is CC(C)n1cc(NC(=O)[C@H]2C[C@@]23CCOc2ccc(F)cc23)cn1. The van der Waals surface area contributed by atoms with Gasteiger partial charge in [0.2, 0.25) is 5.91 Å². The lowest BCUT2D eigenvalue weighted by Gasteiger charge is -2.26. The molecule has 2 aromatic rings. The van der Waals surface area contributed by atoms with Gasteiger partial charge in [0, 0.05) is 29.1 Å². The van der Waals surface area contributed by atoms with Crippen molar-refractivity contribution in [2.45, 2.75) is 38.1 Å². The van der Waals surface area contributed by atoms with Crippen LogP contribution in [-0.4, -0.2) is 22.3 Å². The van der Waals surface area contributed by atoms with E-state index in [2.05, 4.69) is 10.4 Å². The van der Waals surface area contributed by atoms with Crippen LogP contribution in [0.15, 0.2) is 30.6 Å². The summed E-state index contributed by atoms with van der Waals surface area (Å²) in [4.78, 5) is 12.6. The molecule has 126 valence electrons. The Kier molecular flexibility index (Phi) is 3.37. The van der Waals surface area contributed by atoms with Gasteiger partial charge in [-0.25, -0.2) is 4.39 Å². The molecule has 4 rings (SSSR count). The minimum Gasteiger partial charge on any atom is -0.493 e. The van der Waals surface area contributed by atoms with Gasteiger partial charge >= 0.3 is 0 Å². The maximum atomic E-state index is 13.7. The number of benzene rings is 1. The average molecular weight is 329 g/mol. The Hall–Kier alpha value is -2.37. The van der Waals surface area contributed by atoms with Gasteiger partial charge in [-0.3, -0.25) is 9.48 Å². The van der Waals surface area contributed by atoms with E-state index >= 15 is 0 Å². The summed E-state index contributed by atoms with van der Waals surface area (Å²) in [6.07, 6.45) is 4.96. The highest BCUT2D eigenvalue weighted by Gasteiger charge is 2.61. The van der Waals surface area contributed by atoms with E-state index in [4.69, 9.17) is 4.74 Å². The number of hydrogen-bond donors (Lipinski definition) is 1. The Labute approximate surface area is 139 Å². The lowest BCUT2D eigenvalue weighted by Crippen LogP contribution is -2.26. The molecule has 6 heteroatoms. The van der Waals surface area contributed by atoms with Gasteiger partial charge in [-0.1, -0.05) is 0 Å². The molecule has 0 saturated heterocycles. The second-order valence-corrected chi connectivity index (χ2v) is 6.94. The molecule has 5 nitrogen and oxygen atoms in total. The number of rotatable bonds is 3. The summed E-state index contributed by atoms with van der Waals surface area (Å²) in [6, 6.07) is 4.81. The molecule has 1 aliphatic heterocycles. The normalized spacial score (nSPS) is 24.6. The number of halogens is 1. The zero-order chi connectivity index (χ0) is 16.9. The molecule has 0 unspecified atom stereocenters. The van der Waals surface area contributed by atoms with Crippen molar-refractivity contribution >= 4 is 11.6 Å². The highest BCUT2D eigenvalue weighted by atomic mass is 19.1. The Bertz CT molecular complexity index is 801. The molecule has 1 saturated carbocycles. The molecule has 1 N–H and O–H groups in total. The largest absolute Gasteiger partial charge is 0.493 e. The topological polar surface area (TPSA) is 56.2 Å². The zero-order valence-electron chi connectivity index (χ0n) is 13.8. The summed E-state index contributed by atoms with van der Waals surface area (Å²) in [5.74, 6) is 0.230. The second-order valence-electron chi connectivity index (χ2n) is 6.94. The average Bonchev–Trinajstić information content (AvgIpc) is 3.06. The monoisotopic (exact) mass is 329 g/mol. The van der Waals surface area contributed by atoms with Crippen LogP contribution in [-0.2, 0) is 10.2 Å². The first-order valence-electron chi connectivity index (χ1n) is 8.27. The van der Waals surface area contributed by atoms with Crippen molar-refractivity contribution in [1.82, 2.24) is 9.78 Å². The number of ether oxygens (including phenoxy) is 1. The van der Waals surface area contributed by atoms with Gasteiger partial charge in [-0.15, -0.1) is 0 Å². The summed E-state index contributed by atoms with van der Waals surface area (Å²) in [5.41, 5.74) is 1.24. The molecule has 0 radical (unpaired) electrons. The van der Waals surface area contributed by atoms with Gasteiger partial charge in [0.05, 0.1) is 18.5 Å². The van der Waals surface area contributed by atoms with E-state index in [-0.39, 0.29) is 29.1 Å². The maximum absolute atomic E-state index is 13.7. The lowest BCUT2D eigenvalue weighted by atomic mass is 9.87. The third-order valence-electron chi connectivity index (χ3n) is 5.07. The van der Waals surface area contributed by atoms with E-state index in [1.807, 2.05) is 20.0 Å². The van der Waals surface area contributed by atoms with Crippen LogP contribution in [0, 0.1) is 11.7 Å². The van der Waals surface area contributed by atoms with Crippen molar-refractivity contribution in [2.24, 2.45) is 5.92 Å². The third kappa shape index (κ3) is 2.37. The van der Waals surface area contributed by atoms with Gasteiger partial charge in [0.1, 0.15) is 11.6 Å². The summed E-state index contributed by atoms with van der Waals surface area (Å²) in [5, 5.41) is 7.17. The van der Waals surface area contributed by atoms with E-state index in [9.17, 15) is 9.18 Å². The quantitative estimate of drug-likeness (QED) is 0.940. The molecule has 1 aromatic heterocycles. The number of hydrogen-bond acceptors (Lipinski definition) is 3. The van der Waals surface area contributed by atoms with Crippen LogP contribution in [0.25, 0.3) is 0 Å². The number of carbonyl (C=O) groups excluding carboxylic acids is 1. The maximum Gasteiger partial charge on any atom is 0.228 e. The third-order valence-corrected chi connectivity index (χ3v) is 5.07. The number of amides is 1. The molecular formula is C18H20FN3O2. The molecule has 2 heterocycles. The molecule has 1 aromatic carbocycles. The minimum absolute atomic E-state index is 0.0320. The van der Waals surface area contributed by atoms with Gasteiger partial charge in [-0.2, -0.15) is 5.10 Å². The van der Waals surface area contributed by atoms with Crippen molar-refractivity contribution in [2.75, 3.05) is 11.9 Å². The minimum atomic E-state index is -0.289. The first kappa shape index (κ1) is 15.2. The van der Waals surface area contributed by atoms with Crippen molar-refractivity contribution < 1.29 is 13.9 Å². The van der Waals surface area contributed by atoms with Gasteiger partial charge in [-0.05, 0) is 44.9 Å². The molecule has 0 bridgehead atoms. The Morgan fingerprint density at radius 3 is 3.08 bits per heavy atom.